The second kappa shape index (κ2) is 5.11. The van der Waals surface area contributed by atoms with Crippen molar-refractivity contribution in [2.45, 2.75) is 32.2 Å². The highest BCUT2D eigenvalue weighted by atomic mass is 16.5. The van der Waals surface area contributed by atoms with Crippen LogP contribution >= 0.6 is 0 Å². The second-order valence-corrected chi connectivity index (χ2v) is 4.96. The fourth-order valence-corrected chi connectivity index (χ4v) is 2.66. The highest BCUT2D eigenvalue weighted by molar-refractivity contribution is 5.81. The molecule has 0 radical (unpaired) electrons. The maximum absolute atomic E-state index is 11.9. The first kappa shape index (κ1) is 13.1. The number of carbonyl (C=O) groups excluding carboxylic acids is 1. The van der Waals surface area contributed by atoms with Crippen molar-refractivity contribution in [2.24, 2.45) is 5.41 Å². The maximum atomic E-state index is 11.9. The standard InChI is InChI=1S/C15H21NO2/c1-4-11-5-7-12(8-6-11)13(16-2)15(9-10-15)14(17)18-3/h5-8,13,16H,4,9-10H2,1-3H3. The van der Waals surface area contributed by atoms with E-state index in [1.165, 1.54) is 12.7 Å². The lowest BCUT2D eigenvalue weighted by Gasteiger charge is -2.25. The minimum absolute atomic E-state index is 0.0517. The third kappa shape index (κ3) is 2.15. The highest BCUT2D eigenvalue weighted by Gasteiger charge is 2.56. The van der Waals surface area contributed by atoms with Crippen LogP contribution in [0.25, 0.3) is 0 Å². The molecule has 1 saturated carbocycles. The molecule has 0 saturated heterocycles. The Balaban J connectivity index is 2.25. The Labute approximate surface area is 109 Å². The lowest BCUT2D eigenvalue weighted by atomic mass is 9.89. The normalized spacial score (nSPS) is 18.2. The van der Waals surface area contributed by atoms with Crippen molar-refractivity contribution in [3.8, 4) is 0 Å². The van der Waals surface area contributed by atoms with Crippen LogP contribution in [0.2, 0.25) is 0 Å². The van der Waals surface area contributed by atoms with E-state index in [2.05, 4.69) is 36.5 Å². The molecule has 0 amide bonds. The van der Waals surface area contributed by atoms with Crippen LogP contribution < -0.4 is 5.32 Å². The van der Waals surface area contributed by atoms with Gasteiger partial charge in [0, 0.05) is 6.04 Å². The number of hydrogen-bond donors (Lipinski definition) is 1. The Morgan fingerprint density at radius 3 is 2.39 bits per heavy atom. The van der Waals surface area contributed by atoms with Crippen LogP contribution in [-0.4, -0.2) is 20.1 Å². The summed E-state index contributed by atoms with van der Waals surface area (Å²) in [6.45, 7) is 2.14. The van der Waals surface area contributed by atoms with Crippen molar-refractivity contribution in [1.82, 2.24) is 5.32 Å². The summed E-state index contributed by atoms with van der Waals surface area (Å²) >= 11 is 0. The van der Waals surface area contributed by atoms with Crippen molar-refractivity contribution < 1.29 is 9.53 Å². The molecule has 0 aromatic heterocycles. The molecule has 0 aliphatic heterocycles. The van der Waals surface area contributed by atoms with Gasteiger partial charge < -0.3 is 10.1 Å². The molecular weight excluding hydrogens is 226 g/mol. The molecule has 1 atom stereocenters. The van der Waals surface area contributed by atoms with E-state index in [1.807, 2.05) is 7.05 Å². The van der Waals surface area contributed by atoms with Gasteiger partial charge in [0.1, 0.15) is 0 Å². The Bertz CT molecular complexity index is 421. The Morgan fingerprint density at radius 1 is 1.39 bits per heavy atom. The van der Waals surface area contributed by atoms with E-state index in [9.17, 15) is 4.79 Å². The maximum Gasteiger partial charge on any atom is 0.313 e. The zero-order valence-electron chi connectivity index (χ0n) is 11.3. The van der Waals surface area contributed by atoms with E-state index in [0.29, 0.717) is 0 Å². The fraction of sp³-hybridized carbons (Fsp3) is 0.533. The number of methoxy groups -OCH3 is 1. The molecule has 1 N–H and O–H groups in total. The zero-order valence-corrected chi connectivity index (χ0v) is 11.3. The van der Waals surface area contributed by atoms with E-state index in [1.54, 1.807) is 0 Å². The number of rotatable bonds is 5. The third-order valence-electron chi connectivity index (χ3n) is 3.94. The van der Waals surface area contributed by atoms with Gasteiger partial charge in [0.15, 0.2) is 0 Å². The summed E-state index contributed by atoms with van der Waals surface area (Å²) in [4.78, 5) is 11.9. The van der Waals surface area contributed by atoms with Crippen LogP contribution in [0.5, 0.6) is 0 Å². The number of aryl methyl sites for hydroxylation is 1. The quantitative estimate of drug-likeness (QED) is 0.812. The lowest BCUT2D eigenvalue weighted by Crippen LogP contribution is -2.33. The minimum atomic E-state index is -0.350. The SMILES string of the molecule is CCc1ccc(C(NC)C2(C(=O)OC)CC2)cc1. The monoisotopic (exact) mass is 247 g/mol. The highest BCUT2D eigenvalue weighted by Crippen LogP contribution is 2.55. The van der Waals surface area contributed by atoms with Crippen LogP contribution in [0.15, 0.2) is 24.3 Å². The summed E-state index contributed by atoms with van der Waals surface area (Å²) in [5.41, 5.74) is 2.13. The first-order valence-electron chi connectivity index (χ1n) is 6.52. The molecular formula is C15H21NO2. The van der Waals surface area contributed by atoms with Crippen LogP contribution in [0.1, 0.15) is 36.9 Å². The molecule has 1 unspecified atom stereocenters. The first-order valence-corrected chi connectivity index (χ1v) is 6.52. The number of esters is 1. The number of hydrogen-bond acceptors (Lipinski definition) is 3. The van der Waals surface area contributed by atoms with Crippen molar-refractivity contribution in [3.63, 3.8) is 0 Å². The van der Waals surface area contributed by atoms with Crippen LogP contribution in [0.4, 0.5) is 0 Å². The summed E-state index contributed by atoms with van der Waals surface area (Å²) in [5.74, 6) is -0.0959. The van der Waals surface area contributed by atoms with Gasteiger partial charge >= 0.3 is 5.97 Å². The molecule has 1 fully saturated rings. The van der Waals surface area contributed by atoms with Gasteiger partial charge in [-0.15, -0.1) is 0 Å². The van der Waals surface area contributed by atoms with Crippen molar-refractivity contribution in [2.75, 3.05) is 14.2 Å². The van der Waals surface area contributed by atoms with Crippen LogP contribution in [0.3, 0.4) is 0 Å². The molecule has 1 aliphatic rings. The molecule has 1 aromatic rings. The molecule has 18 heavy (non-hydrogen) atoms. The molecule has 3 heteroatoms. The second-order valence-electron chi connectivity index (χ2n) is 4.96. The van der Waals surface area contributed by atoms with Gasteiger partial charge in [-0.2, -0.15) is 0 Å². The van der Waals surface area contributed by atoms with Crippen molar-refractivity contribution >= 4 is 5.97 Å². The van der Waals surface area contributed by atoms with Crippen LogP contribution in [-0.2, 0) is 16.0 Å². The van der Waals surface area contributed by atoms with Crippen molar-refractivity contribution in [3.05, 3.63) is 35.4 Å². The summed E-state index contributed by atoms with van der Waals surface area (Å²) < 4.78 is 4.95. The Kier molecular flexibility index (Phi) is 3.71. The van der Waals surface area contributed by atoms with E-state index < -0.39 is 0 Å². The third-order valence-corrected chi connectivity index (χ3v) is 3.94. The average molecular weight is 247 g/mol. The average Bonchev–Trinajstić information content (AvgIpc) is 3.21. The molecule has 0 spiro atoms. The van der Waals surface area contributed by atoms with Crippen LogP contribution in [0, 0.1) is 5.41 Å². The summed E-state index contributed by atoms with van der Waals surface area (Å²) in [7, 11) is 3.37. The number of nitrogens with one attached hydrogen (secondary N) is 1. The van der Waals surface area contributed by atoms with Gasteiger partial charge in [-0.3, -0.25) is 4.79 Å². The van der Waals surface area contributed by atoms with Crippen molar-refractivity contribution in [1.29, 1.82) is 0 Å². The van der Waals surface area contributed by atoms with Gasteiger partial charge in [-0.1, -0.05) is 31.2 Å². The van der Waals surface area contributed by atoms with Gasteiger partial charge in [-0.05, 0) is 37.4 Å². The molecule has 3 nitrogen and oxygen atoms in total. The van der Waals surface area contributed by atoms with Gasteiger partial charge in [0.2, 0.25) is 0 Å². The van der Waals surface area contributed by atoms with E-state index >= 15 is 0 Å². The molecule has 98 valence electrons. The van der Waals surface area contributed by atoms with E-state index in [4.69, 9.17) is 4.74 Å². The number of carbonyl (C=O) groups is 1. The number of benzene rings is 1. The number of ether oxygens (including phenoxy) is 1. The predicted molar refractivity (Wildman–Crippen MR) is 71.3 cm³/mol. The predicted octanol–water partition coefficient (Wildman–Crippen LogP) is 2.46. The van der Waals surface area contributed by atoms with Gasteiger partial charge in [0.25, 0.3) is 0 Å². The minimum Gasteiger partial charge on any atom is -0.469 e. The fourth-order valence-electron chi connectivity index (χ4n) is 2.66. The largest absolute Gasteiger partial charge is 0.469 e. The van der Waals surface area contributed by atoms with E-state index in [0.717, 1.165) is 24.8 Å². The Morgan fingerprint density at radius 2 is 2.00 bits per heavy atom. The summed E-state index contributed by atoms with van der Waals surface area (Å²) in [5, 5.41) is 3.27. The summed E-state index contributed by atoms with van der Waals surface area (Å²) in [6.07, 6.45) is 2.84. The molecule has 1 aliphatic carbocycles. The lowest BCUT2D eigenvalue weighted by molar-refractivity contribution is -0.148. The Hall–Kier alpha value is -1.35. The zero-order chi connectivity index (χ0) is 13.2. The first-order chi connectivity index (χ1) is 8.67. The molecule has 0 heterocycles. The van der Waals surface area contributed by atoms with Gasteiger partial charge in [0.05, 0.1) is 12.5 Å². The van der Waals surface area contributed by atoms with E-state index in [-0.39, 0.29) is 17.4 Å². The van der Waals surface area contributed by atoms with Gasteiger partial charge in [-0.25, -0.2) is 0 Å². The topological polar surface area (TPSA) is 38.3 Å². The molecule has 2 rings (SSSR count). The smallest absolute Gasteiger partial charge is 0.313 e. The summed E-state index contributed by atoms with van der Waals surface area (Å²) in [6, 6.07) is 8.54. The molecule has 1 aromatic carbocycles. The molecule has 0 bridgehead atoms.